The van der Waals surface area contributed by atoms with E-state index in [1.165, 1.54) is 12.1 Å². The minimum absolute atomic E-state index is 0.176. The molecule has 1 rings (SSSR count). The Morgan fingerprint density at radius 3 is 2.21 bits per heavy atom. The Hall–Kier alpha value is -0.890. The quantitative estimate of drug-likeness (QED) is 0.778. The topological polar surface area (TPSA) is 12.0 Å². The van der Waals surface area contributed by atoms with Crippen LogP contribution in [0.1, 0.15) is 32.4 Å². The Balaban J connectivity index is 2.52. The molecule has 1 aromatic rings. The predicted octanol–water partition coefficient (Wildman–Crippen LogP) is 3.13. The molecule has 14 heavy (non-hydrogen) atoms. The van der Waals surface area contributed by atoms with Crippen LogP contribution in [0.3, 0.4) is 0 Å². The van der Waals surface area contributed by atoms with E-state index >= 15 is 0 Å². The van der Waals surface area contributed by atoms with Crippen LogP contribution < -0.4 is 5.32 Å². The maximum absolute atomic E-state index is 12.6. The molecule has 0 spiro atoms. The van der Waals surface area contributed by atoms with Crippen LogP contribution in [-0.4, -0.2) is 6.54 Å². The molecule has 0 aliphatic carbocycles. The van der Waals surface area contributed by atoms with Crippen molar-refractivity contribution in [3.05, 3.63) is 35.6 Å². The third kappa shape index (κ3) is 3.46. The summed E-state index contributed by atoms with van der Waals surface area (Å²) in [4.78, 5) is 0. The van der Waals surface area contributed by atoms with Gasteiger partial charge in [-0.3, -0.25) is 0 Å². The molecule has 78 valence electrons. The lowest BCUT2D eigenvalue weighted by Crippen LogP contribution is -2.23. The van der Waals surface area contributed by atoms with E-state index in [0.29, 0.717) is 5.92 Å². The predicted molar refractivity (Wildman–Crippen MR) is 57.7 cm³/mol. The van der Waals surface area contributed by atoms with Crippen molar-refractivity contribution in [2.24, 2.45) is 5.92 Å². The zero-order chi connectivity index (χ0) is 10.6. The first-order valence-electron chi connectivity index (χ1n) is 5.08. The van der Waals surface area contributed by atoms with Crippen LogP contribution in [0, 0.1) is 11.7 Å². The van der Waals surface area contributed by atoms with Gasteiger partial charge in [-0.2, -0.15) is 0 Å². The van der Waals surface area contributed by atoms with Gasteiger partial charge >= 0.3 is 0 Å². The standard InChI is InChI=1S/C12H18FN/c1-9(2)8-14-10(3)11-4-6-12(13)7-5-11/h4-7,9-10,14H,8H2,1-3H3/t10-/m0/s1. The fourth-order valence-corrected chi connectivity index (χ4v) is 1.28. The van der Waals surface area contributed by atoms with Crippen LogP contribution in [-0.2, 0) is 0 Å². The fourth-order valence-electron chi connectivity index (χ4n) is 1.28. The van der Waals surface area contributed by atoms with Gasteiger partial charge in [0, 0.05) is 6.04 Å². The zero-order valence-corrected chi connectivity index (χ0v) is 9.05. The average Bonchev–Trinajstić information content (AvgIpc) is 2.15. The summed E-state index contributed by atoms with van der Waals surface area (Å²) in [5.74, 6) is 0.461. The molecule has 0 aliphatic rings. The Bertz CT molecular complexity index is 266. The number of benzene rings is 1. The molecule has 0 unspecified atom stereocenters. The normalized spacial score (nSPS) is 13.2. The lowest BCUT2D eigenvalue weighted by Gasteiger charge is -2.15. The lowest BCUT2D eigenvalue weighted by molar-refractivity contribution is 0.495. The number of nitrogens with one attached hydrogen (secondary N) is 1. The van der Waals surface area contributed by atoms with Crippen molar-refractivity contribution in [2.45, 2.75) is 26.8 Å². The highest BCUT2D eigenvalue weighted by Gasteiger charge is 2.04. The zero-order valence-electron chi connectivity index (χ0n) is 9.05. The summed E-state index contributed by atoms with van der Waals surface area (Å²) >= 11 is 0. The lowest BCUT2D eigenvalue weighted by atomic mass is 10.1. The molecule has 0 aliphatic heterocycles. The van der Waals surface area contributed by atoms with Crippen LogP contribution in [0.15, 0.2) is 24.3 Å². The molecule has 1 nitrogen and oxygen atoms in total. The molecule has 0 saturated carbocycles. The Labute approximate surface area is 85.3 Å². The number of hydrogen-bond donors (Lipinski definition) is 1. The second-order valence-electron chi connectivity index (χ2n) is 4.08. The van der Waals surface area contributed by atoms with Gasteiger partial charge in [-0.05, 0) is 37.1 Å². The molecule has 0 bridgehead atoms. The van der Waals surface area contributed by atoms with Crippen molar-refractivity contribution in [2.75, 3.05) is 6.54 Å². The first-order valence-corrected chi connectivity index (χ1v) is 5.08. The van der Waals surface area contributed by atoms with Crippen LogP contribution in [0.5, 0.6) is 0 Å². The van der Waals surface area contributed by atoms with E-state index in [4.69, 9.17) is 0 Å². The SMILES string of the molecule is CC(C)CN[C@@H](C)c1ccc(F)cc1. The first-order chi connectivity index (χ1) is 6.59. The van der Waals surface area contributed by atoms with E-state index in [1.807, 2.05) is 12.1 Å². The van der Waals surface area contributed by atoms with Crippen molar-refractivity contribution in [1.82, 2.24) is 5.32 Å². The molecule has 0 aromatic heterocycles. The second kappa shape index (κ2) is 5.11. The van der Waals surface area contributed by atoms with E-state index in [1.54, 1.807) is 0 Å². The average molecular weight is 195 g/mol. The number of halogens is 1. The molecule has 0 heterocycles. The van der Waals surface area contributed by atoms with Crippen molar-refractivity contribution in [1.29, 1.82) is 0 Å². The van der Waals surface area contributed by atoms with Crippen LogP contribution in [0.4, 0.5) is 4.39 Å². The summed E-state index contributed by atoms with van der Waals surface area (Å²) in [6, 6.07) is 6.95. The summed E-state index contributed by atoms with van der Waals surface area (Å²) < 4.78 is 12.6. The molecule has 0 saturated heterocycles. The number of rotatable bonds is 4. The summed E-state index contributed by atoms with van der Waals surface area (Å²) in [5.41, 5.74) is 1.13. The van der Waals surface area contributed by atoms with Crippen molar-refractivity contribution >= 4 is 0 Å². The van der Waals surface area contributed by atoms with Crippen LogP contribution in [0.25, 0.3) is 0 Å². The molecular formula is C12H18FN. The van der Waals surface area contributed by atoms with Crippen molar-refractivity contribution in [3.8, 4) is 0 Å². The van der Waals surface area contributed by atoms with E-state index in [2.05, 4.69) is 26.1 Å². The maximum atomic E-state index is 12.6. The fraction of sp³-hybridized carbons (Fsp3) is 0.500. The van der Waals surface area contributed by atoms with Gasteiger partial charge < -0.3 is 5.32 Å². The summed E-state index contributed by atoms with van der Waals surface area (Å²) in [5, 5.41) is 3.40. The minimum Gasteiger partial charge on any atom is -0.310 e. The highest BCUT2D eigenvalue weighted by atomic mass is 19.1. The van der Waals surface area contributed by atoms with E-state index in [-0.39, 0.29) is 11.9 Å². The second-order valence-corrected chi connectivity index (χ2v) is 4.08. The largest absolute Gasteiger partial charge is 0.310 e. The molecular weight excluding hydrogens is 177 g/mol. The van der Waals surface area contributed by atoms with Gasteiger partial charge in [0.15, 0.2) is 0 Å². The highest BCUT2D eigenvalue weighted by molar-refractivity contribution is 5.19. The summed E-state index contributed by atoms with van der Waals surface area (Å²) in [7, 11) is 0. The molecule has 2 heteroatoms. The van der Waals surface area contributed by atoms with E-state index < -0.39 is 0 Å². The summed E-state index contributed by atoms with van der Waals surface area (Å²) in [6.45, 7) is 7.42. The summed E-state index contributed by atoms with van der Waals surface area (Å²) in [6.07, 6.45) is 0. The van der Waals surface area contributed by atoms with Gasteiger partial charge in [-0.15, -0.1) is 0 Å². The maximum Gasteiger partial charge on any atom is 0.123 e. The van der Waals surface area contributed by atoms with Gasteiger partial charge in [0.05, 0.1) is 0 Å². The Kier molecular flexibility index (Phi) is 4.08. The van der Waals surface area contributed by atoms with Crippen LogP contribution in [0.2, 0.25) is 0 Å². The van der Waals surface area contributed by atoms with Gasteiger partial charge in [-0.25, -0.2) is 4.39 Å². The number of hydrogen-bond acceptors (Lipinski definition) is 1. The van der Waals surface area contributed by atoms with Crippen molar-refractivity contribution < 1.29 is 4.39 Å². The Morgan fingerprint density at radius 1 is 1.14 bits per heavy atom. The molecule has 1 aromatic carbocycles. The molecule has 0 radical (unpaired) electrons. The molecule has 0 amide bonds. The first kappa shape index (κ1) is 11.2. The monoisotopic (exact) mass is 195 g/mol. The van der Waals surface area contributed by atoms with Gasteiger partial charge in [0.2, 0.25) is 0 Å². The van der Waals surface area contributed by atoms with Crippen LogP contribution >= 0.6 is 0 Å². The van der Waals surface area contributed by atoms with Crippen molar-refractivity contribution in [3.63, 3.8) is 0 Å². The third-order valence-electron chi connectivity index (χ3n) is 2.20. The Morgan fingerprint density at radius 2 is 1.71 bits per heavy atom. The van der Waals surface area contributed by atoms with E-state index in [0.717, 1.165) is 12.1 Å². The highest BCUT2D eigenvalue weighted by Crippen LogP contribution is 2.12. The molecule has 1 atom stereocenters. The molecule has 1 N–H and O–H groups in total. The molecule has 0 fully saturated rings. The van der Waals surface area contributed by atoms with Gasteiger partial charge in [0.25, 0.3) is 0 Å². The minimum atomic E-state index is -0.176. The van der Waals surface area contributed by atoms with E-state index in [9.17, 15) is 4.39 Å². The van der Waals surface area contributed by atoms with Gasteiger partial charge in [-0.1, -0.05) is 26.0 Å². The third-order valence-corrected chi connectivity index (χ3v) is 2.20. The van der Waals surface area contributed by atoms with Gasteiger partial charge in [0.1, 0.15) is 5.82 Å². The smallest absolute Gasteiger partial charge is 0.123 e.